The number of nitrogens with zero attached hydrogens (tertiary/aromatic N) is 2. The van der Waals surface area contributed by atoms with Crippen LogP contribution >= 0.6 is 0 Å². The van der Waals surface area contributed by atoms with E-state index in [0.717, 1.165) is 11.0 Å². The van der Waals surface area contributed by atoms with Gasteiger partial charge in [-0.15, -0.1) is 0 Å². The van der Waals surface area contributed by atoms with Gasteiger partial charge in [0, 0.05) is 0 Å². The van der Waals surface area contributed by atoms with Gasteiger partial charge in [0.1, 0.15) is 6.33 Å². The van der Waals surface area contributed by atoms with Gasteiger partial charge in [0.05, 0.1) is 19.3 Å². The number of nitrogens with one attached hydrogen (secondary N) is 1. The van der Waals surface area contributed by atoms with Gasteiger partial charge in [-0.2, -0.15) is 5.10 Å². The molecule has 13 heavy (non-hydrogen) atoms. The molecule has 0 radical (unpaired) electrons. The smallest absolute Gasteiger partial charge is 0.332 e. The predicted octanol–water partition coefficient (Wildman–Crippen LogP) is -2.72. The fourth-order valence-electron chi connectivity index (χ4n) is 0.776. The van der Waals surface area contributed by atoms with Crippen LogP contribution in [0.25, 0.3) is 0 Å². The van der Waals surface area contributed by atoms with Crippen molar-refractivity contribution < 1.29 is 10.2 Å². The van der Waals surface area contributed by atoms with Crippen molar-refractivity contribution in [1.82, 2.24) is 14.8 Å². The molecule has 7 nitrogen and oxygen atoms in total. The van der Waals surface area contributed by atoms with Crippen molar-refractivity contribution >= 4 is 0 Å². The predicted molar refractivity (Wildman–Crippen MR) is 42.2 cm³/mol. The van der Waals surface area contributed by atoms with Crippen LogP contribution in [0.5, 0.6) is 0 Å². The summed E-state index contributed by atoms with van der Waals surface area (Å²) in [5, 5.41) is 20.9. The van der Waals surface area contributed by atoms with Crippen LogP contribution < -0.4 is 11.1 Å². The van der Waals surface area contributed by atoms with Gasteiger partial charge in [-0.3, -0.25) is 9.59 Å². The molecule has 0 aliphatic rings. The molecule has 0 fully saturated rings. The van der Waals surface area contributed by atoms with E-state index in [1.165, 1.54) is 0 Å². The van der Waals surface area contributed by atoms with E-state index in [-0.39, 0.29) is 6.54 Å². The number of aromatic nitrogens is 3. The molecule has 0 bridgehead atoms. The van der Waals surface area contributed by atoms with E-state index in [2.05, 4.69) is 10.1 Å². The van der Waals surface area contributed by atoms with Crippen LogP contribution in [0.3, 0.4) is 0 Å². The Bertz CT molecular complexity index is 382. The minimum absolute atomic E-state index is 0.195. The maximum absolute atomic E-state index is 11.0. The van der Waals surface area contributed by atoms with Crippen LogP contribution in [-0.4, -0.2) is 37.7 Å². The van der Waals surface area contributed by atoms with E-state index in [4.69, 9.17) is 10.2 Å². The topological polar surface area (TPSA) is 108 Å². The molecule has 3 N–H and O–H groups in total. The van der Waals surface area contributed by atoms with Gasteiger partial charge in [0.2, 0.25) is 0 Å². The molecule has 1 unspecified atom stereocenters. The highest BCUT2D eigenvalue weighted by Gasteiger charge is 2.06. The molecule has 0 saturated carbocycles. The van der Waals surface area contributed by atoms with E-state index >= 15 is 0 Å². The first-order valence-corrected chi connectivity index (χ1v) is 3.59. The molecule has 1 atom stereocenters. The van der Waals surface area contributed by atoms with Gasteiger partial charge in [-0.25, -0.2) is 4.68 Å². The lowest BCUT2D eigenvalue weighted by atomic mass is 10.4. The number of aliphatic hydroxyl groups is 2. The second-order valence-electron chi connectivity index (χ2n) is 2.44. The van der Waals surface area contributed by atoms with Crippen molar-refractivity contribution in [2.24, 2.45) is 0 Å². The Morgan fingerprint density at radius 3 is 2.92 bits per heavy atom. The molecule has 0 amide bonds. The Kier molecular flexibility index (Phi) is 2.93. The third kappa shape index (κ3) is 2.23. The summed E-state index contributed by atoms with van der Waals surface area (Å²) in [4.78, 5) is 23.8. The fourth-order valence-corrected chi connectivity index (χ4v) is 0.776. The minimum atomic E-state index is -1.09. The Morgan fingerprint density at radius 2 is 2.31 bits per heavy atom. The summed E-state index contributed by atoms with van der Waals surface area (Å²) in [5.74, 6) is 0. The van der Waals surface area contributed by atoms with Crippen LogP contribution in [0.15, 0.2) is 15.9 Å². The number of rotatable bonds is 3. The first-order valence-electron chi connectivity index (χ1n) is 3.59. The van der Waals surface area contributed by atoms with Crippen molar-refractivity contribution in [1.29, 1.82) is 0 Å². The van der Waals surface area contributed by atoms with Crippen LogP contribution in [-0.2, 0) is 6.54 Å². The number of aliphatic hydroxyl groups excluding tert-OH is 2. The Morgan fingerprint density at radius 1 is 1.62 bits per heavy atom. The largest absolute Gasteiger partial charge is 0.394 e. The Balaban J connectivity index is 2.96. The maximum Gasteiger partial charge on any atom is 0.332 e. The highest BCUT2D eigenvalue weighted by atomic mass is 16.3. The van der Waals surface area contributed by atoms with E-state index in [1.807, 2.05) is 0 Å². The Hall–Kier alpha value is -1.47. The molecule has 1 aromatic rings. The van der Waals surface area contributed by atoms with Crippen molar-refractivity contribution in [2.75, 3.05) is 6.61 Å². The van der Waals surface area contributed by atoms with E-state index in [1.54, 1.807) is 0 Å². The molecule has 1 heterocycles. The fraction of sp³-hybridized carbons (Fsp3) is 0.500. The average molecular weight is 187 g/mol. The van der Waals surface area contributed by atoms with Crippen LogP contribution in [0, 0.1) is 0 Å². The molecule has 72 valence electrons. The van der Waals surface area contributed by atoms with Gasteiger partial charge in [0.25, 0.3) is 0 Å². The van der Waals surface area contributed by atoms with E-state index in [0.29, 0.717) is 0 Å². The summed E-state index contributed by atoms with van der Waals surface area (Å²) in [5.41, 5.74) is -1.66. The van der Waals surface area contributed by atoms with Crippen molar-refractivity contribution in [2.45, 2.75) is 12.6 Å². The molecular weight excluding hydrogens is 178 g/mol. The van der Waals surface area contributed by atoms with Crippen molar-refractivity contribution in [3.05, 3.63) is 27.0 Å². The van der Waals surface area contributed by atoms with Gasteiger partial charge < -0.3 is 15.2 Å². The summed E-state index contributed by atoms with van der Waals surface area (Å²) in [6.07, 6.45) is -0.0413. The van der Waals surface area contributed by atoms with Gasteiger partial charge in [-0.05, 0) is 0 Å². The highest BCUT2D eigenvalue weighted by molar-refractivity contribution is 4.73. The van der Waals surface area contributed by atoms with Crippen LogP contribution in [0.2, 0.25) is 0 Å². The molecule has 1 rings (SSSR count). The number of hydrogen-bond donors (Lipinski definition) is 3. The Labute approximate surface area is 72.3 Å². The van der Waals surface area contributed by atoms with Crippen molar-refractivity contribution in [3.63, 3.8) is 0 Å². The van der Waals surface area contributed by atoms with Gasteiger partial charge in [-0.1, -0.05) is 0 Å². The van der Waals surface area contributed by atoms with Crippen molar-refractivity contribution in [3.8, 4) is 0 Å². The molecule has 7 heteroatoms. The first kappa shape index (κ1) is 9.62. The summed E-state index contributed by atoms with van der Waals surface area (Å²) in [6.45, 7) is -0.680. The number of hydrogen-bond acceptors (Lipinski definition) is 5. The lowest BCUT2D eigenvalue weighted by molar-refractivity contribution is 0.0767. The zero-order valence-electron chi connectivity index (χ0n) is 6.67. The SMILES string of the molecule is O=c1[nH]cnn(CC(O)CO)c1=O. The lowest BCUT2D eigenvalue weighted by Crippen LogP contribution is -2.40. The highest BCUT2D eigenvalue weighted by Crippen LogP contribution is 1.82. The third-order valence-electron chi connectivity index (χ3n) is 1.42. The summed E-state index contributed by atoms with van der Waals surface area (Å²) in [7, 11) is 0. The molecule has 0 saturated heterocycles. The average Bonchev–Trinajstić information content (AvgIpc) is 2.13. The molecular formula is C6H9N3O4. The second kappa shape index (κ2) is 3.97. The minimum Gasteiger partial charge on any atom is -0.394 e. The molecule has 0 aromatic carbocycles. The van der Waals surface area contributed by atoms with E-state index < -0.39 is 23.8 Å². The normalized spacial score (nSPS) is 12.8. The van der Waals surface area contributed by atoms with Crippen LogP contribution in [0.1, 0.15) is 0 Å². The molecule has 0 spiro atoms. The second-order valence-corrected chi connectivity index (χ2v) is 2.44. The first-order chi connectivity index (χ1) is 6.15. The molecule has 0 aliphatic carbocycles. The zero-order chi connectivity index (χ0) is 9.84. The summed E-state index contributed by atoms with van der Waals surface area (Å²) < 4.78 is 0.791. The van der Waals surface area contributed by atoms with Gasteiger partial charge in [0.15, 0.2) is 0 Å². The lowest BCUT2D eigenvalue weighted by Gasteiger charge is -2.06. The molecule has 1 aromatic heterocycles. The molecule has 0 aliphatic heterocycles. The van der Waals surface area contributed by atoms with Crippen LogP contribution in [0.4, 0.5) is 0 Å². The summed E-state index contributed by atoms with van der Waals surface area (Å²) >= 11 is 0. The zero-order valence-corrected chi connectivity index (χ0v) is 6.67. The standard InChI is InChI=1S/C6H9N3O4/c10-2-4(11)1-9-6(13)5(12)7-3-8-9/h3-4,10-11H,1-2H2,(H,7,8,12). The summed E-state index contributed by atoms with van der Waals surface area (Å²) in [6, 6.07) is 0. The monoisotopic (exact) mass is 187 g/mol. The maximum atomic E-state index is 11.0. The van der Waals surface area contributed by atoms with E-state index in [9.17, 15) is 9.59 Å². The quantitative estimate of drug-likeness (QED) is 0.446. The number of H-pyrrole nitrogens is 1. The van der Waals surface area contributed by atoms with Gasteiger partial charge >= 0.3 is 11.1 Å². The third-order valence-corrected chi connectivity index (χ3v) is 1.42. The number of aromatic amines is 1.